The summed E-state index contributed by atoms with van der Waals surface area (Å²) in [6.07, 6.45) is 5.87. The molecule has 74 valence electrons. The second-order valence-corrected chi connectivity index (χ2v) is 3.73. The van der Waals surface area contributed by atoms with E-state index in [9.17, 15) is 0 Å². The summed E-state index contributed by atoms with van der Waals surface area (Å²) in [5.41, 5.74) is 1.17. The third-order valence-electron chi connectivity index (χ3n) is 2.06. The molecule has 0 aliphatic carbocycles. The molecule has 0 amide bonds. The van der Waals surface area contributed by atoms with Gasteiger partial charge in [-0.25, -0.2) is 0 Å². The van der Waals surface area contributed by atoms with Crippen LogP contribution in [-0.4, -0.2) is 4.98 Å². The van der Waals surface area contributed by atoms with Gasteiger partial charge in [-0.3, -0.25) is 4.98 Å². The number of aromatic nitrogens is 1. The Labute approximate surface area is 85.5 Å². The second-order valence-electron chi connectivity index (χ2n) is 3.73. The van der Waals surface area contributed by atoms with Crippen molar-refractivity contribution < 1.29 is 0 Å². The van der Waals surface area contributed by atoms with Crippen LogP contribution in [0, 0.1) is 5.92 Å². The average molecular weight is 187 g/mol. The standard InChI is InChI=1S/C13H17N/c1-5-11(4)12-7-6-8-14-13(12)9-10(2)3/h5-10H,1H2,2-4H3/b12-11-,13-9+. The first-order valence-electron chi connectivity index (χ1n) is 4.91. The van der Waals surface area contributed by atoms with Gasteiger partial charge in [0.1, 0.15) is 0 Å². The number of nitrogens with zero attached hydrogens (tertiary/aromatic N) is 1. The van der Waals surface area contributed by atoms with Crippen LogP contribution in [0.1, 0.15) is 20.8 Å². The van der Waals surface area contributed by atoms with E-state index < -0.39 is 0 Å². The van der Waals surface area contributed by atoms with Crippen LogP contribution >= 0.6 is 0 Å². The molecular weight excluding hydrogens is 170 g/mol. The molecule has 0 aromatic carbocycles. The summed E-state index contributed by atoms with van der Waals surface area (Å²) in [5, 5.41) is 2.23. The molecular formula is C13H17N. The molecule has 0 fully saturated rings. The minimum atomic E-state index is 0.515. The molecule has 0 saturated carbocycles. The lowest BCUT2D eigenvalue weighted by molar-refractivity contribution is 0.875. The monoisotopic (exact) mass is 187 g/mol. The van der Waals surface area contributed by atoms with Crippen LogP contribution in [-0.2, 0) is 0 Å². The van der Waals surface area contributed by atoms with E-state index >= 15 is 0 Å². The predicted molar refractivity (Wildman–Crippen MR) is 62.1 cm³/mol. The van der Waals surface area contributed by atoms with E-state index in [1.165, 1.54) is 10.8 Å². The van der Waals surface area contributed by atoms with Crippen molar-refractivity contribution >= 4 is 11.6 Å². The van der Waals surface area contributed by atoms with Crippen molar-refractivity contribution in [1.29, 1.82) is 0 Å². The van der Waals surface area contributed by atoms with Gasteiger partial charge in [0.05, 0.1) is 5.35 Å². The van der Waals surface area contributed by atoms with Crippen molar-refractivity contribution in [2.24, 2.45) is 5.92 Å². The Morgan fingerprint density at radius 1 is 1.50 bits per heavy atom. The van der Waals surface area contributed by atoms with Crippen molar-refractivity contribution in [2.75, 3.05) is 0 Å². The second kappa shape index (κ2) is 4.75. The molecule has 0 aliphatic rings. The molecule has 1 aromatic heterocycles. The van der Waals surface area contributed by atoms with E-state index in [1.807, 2.05) is 18.3 Å². The zero-order valence-corrected chi connectivity index (χ0v) is 9.12. The highest BCUT2D eigenvalue weighted by molar-refractivity contribution is 5.53. The van der Waals surface area contributed by atoms with Gasteiger partial charge in [0, 0.05) is 11.4 Å². The molecule has 0 radical (unpaired) electrons. The largest absolute Gasteiger partial charge is 0.257 e. The van der Waals surface area contributed by atoms with Crippen molar-refractivity contribution in [3.8, 4) is 0 Å². The zero-order chi connectivity index (χ0) is 10.6. The van der Waals surface area contributed by atoms with E-state index in [1.54, 1.807) is 0 Å². The molecule has 0 atom stereocenters. The molecule has 1 heteroatoms. The zero-order valence-electron chi connectivity index (χ0n) is 9.12. The van der Waals surface area contributed by atoms with Gasteiger partial charge in [0.15, 0.2) is 0 Å². The van der Waals surface area contributed by atoms with Gasteiger partial charge in [0.25, 0.3) is 0 Å². The predicted octanol–water partition coefficient (Wildman–Crippen LogP) is 1.87. The fourth-order valence-corrected chi connectivity index (χ4v) is 1.31. The van der Waals surface area contributed by atoms with E-state index in [4.69, 9.17) is 0 Å². The van der Waals surface area contributed by atoms with Crippen molar-refractivity contribution in [2.45, 2.75) is 20.8 Å². The van der Waals surface area contributed by atoms with Crippen molar-refractivity contribution in [1.82, 2.24) is 4.98 Å². The van der Waals surface area contributed by atoms with Gasteiger partial charge in [0.2, 0.25) is 0 Å². The molecule has 1 heterocycles. The molecule has 14 heavy (non-hydrogen) atoms. The summed E-state index contributed by atoms with van der Waals surface area (Å²) in [4.78, 5) is 4.36. The fourth-order valence-electron chi connectivity index (χ4n) is 1.31. The number of hydrogen-bond acceptors (Lipinski definition) is 1. The van der Waals surface area contributed by atoms with E-state index in [2.05, 4.69) is 44.5 Å². The Balaban J connectivity index is 3.53. The molecule has 1 nitrogen and oxygen atoms in total. The van der Waals surface area contributed by atoms with E-state index in [0.717, 1.165) is 5.35 Å². The van der Waals surface area contributed by atoms with E-state index in [0.29, 0.717) is 5.92 Å². The third-order valence-corrected chi connectivity index (χ3v) is 2.06. The Hall–Kier alpha value is -1.37. The van der Waals surface area contributed by atoms with Crippen molar-refractivity contribution in [3.63, 3.8) is 0 Å². The van der Waals surface area contributed by atoms with Crippen LogP contribution in [0.15, 0.2) is 31.0 Å². The molecule has 1 rings (SSSR count). The lowest BCUT2D eigenvalue weighted by Gasteiger charge is -1.96. The number of rotatable bonds is 2. The lowest BCUT2D eigenvalue weighted by atomic mass is 10.1. The van der Waals surface area contributed by atoms with Gasteiger partial charge in [-0.05, 0) is 24.5 Å². The van der Waals surface area contributed by atoms with Crippen LogP contribution in [0.3, 0.4) is 0 Å². The maximum Gasteiger partial charge on any atom is 0.0667 e. The van der Waals surface area contributed by atoms with Gasteiger partial charge in [-0.1, -0.05) is 38.6 Å². The Bertz CT molecular complexity index is 427. The highest BCUT2D eigenvalue weighted by Crippen LogP contribution is 1.91. The SMILES string of the molecule is C=C/C(C)=c1/cccn/c1=C/C(C)C. The van der Waals surface area contributed by atoms with Crippen LogP contribution in [0.4, 0.5) is 0 Å². The molecule has 0 aliphatic heterocycles. The summed E-state index contributed by atoms with van der Waals surface area (Å²) in [6.45, 7) is 10.1. The molecule has 0 unspecified atom stereocenters. The molecule has 1 aromatic rings. The van der Waals surface area contributed by atoms with Gasteiger partial charge in [-0.15, -0.1) is 0 Å². The maximum atomic E-state index is 4.36. The smallest absolute Gasteiger partial charge is 0.0667 e. The highest BCUT2D eigenvalue weighted by Gasteiger charge is 1.91. The molecule has 0 spiro atoms. The normalized spacial score (nSPS) is 14.4. The van der Waals surface area contributed by atoms with Gasteiger partial charge < -0.3 is 0 Å². The topological polar surface area (TPSA) is 12.9 Å². The minimum Gasteiger partial charge on any atom is -0.257 e. The highest BCUT2D eigenvalue weighted by atomic mass is 14.6. The first kappa shape index (κ1) is 10.7. The Kier molecular flexibility index (Phi) is 3.63. The molecule has 0 saturated heterocycles. The van der Waals surface area contributed by atoms with Crippen LogP contribution in [0.2, 0.25) is 0 Å². The molecule has 0 bridgehead atoms. The Morgan fingerprint density at radius 2 is 2.21 bits per heavy atom. The number of hydrogen-bond donors (Lipinski definition) is 0. The summed E-state index contributed by atoms with van der Waals surface area (Å²) in [5.74, 6) is 0.515. The van der Waals surface area contributed by atoms with E-state index in [-0.39, 0.29) is 0 Å². The van der Waals surface area contributed by atoms with Crippen LogP contribution in [0.5, 0.6) is 0 Å². The summed E-state index contributed by atoms with van der Waals surface area (Å²) in [6, 6.07) is 4.04. The quantitative estimate of drug-likeness (QED) is 0.689. The minimum absolute atomic E-state index is 0.515. The number of pyridine rings is 1. The lowest BCUT2D eigenvalue weighted by Crippen LogP contribution is -2.29. The summed E-state index contributed by atoms with van der Waals surface area (Å²) >= 11 is 0. The number of allylic oxidation sites excluding steroid dienone is 1. The molecule has 0 N–H and O–H groups in total. The summed E-state index contributed by atoms with van der Waals surface area (Å²) < 4.78 is 0. The fraction of sp³-hybridized carbons (Fsp3) is 0.308. The van der Waals surface area contributed by atoms with Gasteiger partial charge in [-0.2, -0.15) is 0 Å². The van der Waals surface area contributed by atoms with Gasteiger partial charge >= 0.3 is 0 Å². The Morgan fingerprint density at radius 3 is 2.79 bits per heavy atom. The average Bonchev–Trinajstić information content (AvgIpc) is 2.16. The van der Waals surface area contributed by atoms with Crippen molar-refractivity contribution in [3.05, 3.63) is 41.6 Å². The maximum absolute atomic E-state index is 4.36. The third kappa shape index (κ3) is 2.56. The van der Waals surface area contributed by atoms with Crippen LogP contribution < -0.4 is 10.6 Å². The first-order chi connectivity index (χ1) is 6.65. The first-order valence-corrected chi connectivity index (χ1v) is 4.91. The van der Waals surface area contributed by atoms with Crippen LogP contribution in [0.25, 0.3) is 11.6 Å². The summed E-state index contributed by atoms with van der Waals surface area (Å²) in [7, 11) is 0.